The lowest BCUT2D eigenvalue weighted by molar-refractivity contribution is 0.289. The molecular weight excluding hydrogens is 122 g/mol. The first-order valence-electron chi connectivity index (χ1n) is 3.72. The average molecular weight is 139 g/mol. The molecule has 0 rings (SSSR count). The van der Waals surface area contributed by atoms with Gasteiger partial charge in [0.25, 0.3) is 0 Å². The maximum absolute atomic E-state index is 5.33. The highest BCUT2D eigenvalue weighted by molar-refractivity contribution is 5.04. The lowest BCUT2D eigenvalue weighted by Gasteiger charge is -2.28. The van der Waals surface area contributed by atoms with Crippen LogP contribution in [0.5, 0.6) is 0 Å². The molecule has 0 aromatic heterocycles. The van der Waals surface area contributed by atoms with Gasteiger partial charge < -0.3 is 5.32 Å². The molecule has 1 atom stereocenters. The van der Waals surface area contributed by atoms with Crippen LogP contribution in [0.4, 0.5) is 0 Å². The van der Waals surface area contributed by atoms with E-state index in [1.54, 1.807) is 0 Å². The van der Waals surface area contributed by atoms with E-state index >= 15 is 0 Å². The second kappa shape index (κ2) is 3.63. The fourth-order valence-corrected chi connectivity index (χ4v) is 0.904. The van der Waals surface area contributed by atoms with E-state index in [1.807, 2.05) is 7.05 Å². The van der Waals surface area contributed by atoms with Crippen LogP contribution in [-0.4, -0.2) is 13.1 Å². The van der Waals surface area contributed by atoms with Crippen molar-refractivity contribution in [1.29, 1.82) is 0 Å². The van der Waals surface area contributed by atoms with Crippen molar-refractivity contribution in [2.24, 2.45) is 5.41 Å². The number of hydrogen-bond donors (Lipinski definition) is 1. The minimum Gasteiger partial charge on any atom is -0.306 e. The van der Waals surface area contributed by atoms with Crippen molar-refractivity contribution in [3.63, 3.8) is 0 Å². The third-order valence-electron chi connectivity index (χ3n) is 2.15. The molecule has 0 fully saturated rings. The molecule has 1 nitrogen and oxygen atoms in total. The van der Waals surface area contributed by atoms with E-state index in [0.29, 0.717) is 0 Å². The molecule has 1 unspecified atom stereocenters. The summed E-state index contributed by atoms with van der Waals surface area (Å²) in [5, 5.41) is 3.11. The first-order chi connectivity index (χ1) is 4.58. The van der Waals surface area contributed by atoms with Crippen molar-refractivity contribution in [3.05, 3.63) is 0 Å². The normalized spacial score (nSPS) is 14.3. The molecule has 0 saturated heterocycles. The largest absolute Gasteiger partial charge is 0.306 e. The predicted octanol–water partition coefficient (Wildman–Crippen LogP) is 1.64. The Balaban J connectivity index is 4.15. The van der Waals surface area contributed by atoms with Gasteiger partial charge in [-0.3, -0.25) is 0 Å². The lowest BCUT2D eigenvalue weighted by Crippen LogP contribution is -2.38. The van der Waals surface area contributed by atoms with Crippen molar-refractivity contribution in [3.8, 4) is 12.3 Å². The van der Waals surface area contributed by atoms with Gasteiger partial charge in [0.1, 0.15) is 0 Å². The minimum absolute atomic E-state index is 0.192. The van der Waals surface area contributed by atoms with Gasteiger partial charge in [0.15, 0.2) is 0 Å². The van der Waals surface area contributed by atoms with Crippen LogP contribution in [0.15, 0.2) is 0 Å². The van der Waals surface area contributed by atoms with Gasteiger partial charge in [-0.05, 0) is 18.9 Å². The summed E-state index contributed by atoms with van der Waals surface area (Å²) in [5.74, 6) is 2.73. The topological polar surface area (TPSA) is 12.0 Å². The van der Waals surface area contributed by atoms with Gasteiger partial charge in [-0.15, -0.1) is 6.42 Å². The van der Waals surface area contributed by atoms with E-state index in [-0.39, 0.29) is 11.5 Å². The first-order valence-corrected chi connectivity index (χ1v) is 3.72. The zero-order valence-corrected chi connectivity index (χ0v) is 7.36. The monoisotopic (exact) mass is 139 g/mol. The summed E-state index contributed by atoms with van der Waals surface area (Å²) in [4.78, 5) is 0. The molecule has 0 aliphatic carbocycles. The van der Waals surface area contributed by atoms with Gasteiger partial charge in [0.05, 0.1) is 6.04 Å². The highest BCUT2D eigenvalue weighted by Gasteiger charge is 2.23. The maximum atomic E-state index is 5.33. The van der Waals surface area contributed by atoms with E-state index in [9.17, 15) is 0 Å². The Hall–Kier alpha value is -0.480. The van der Waals surface area contributed by atoms with Crippen LogP contribution in [0.3, 0.4) is 0 Å². The molecule has 0 bridgehead atoms. The summed E-state index contributed by atoms with van der Waals surface area (Å²) in [6.45, 7) is 6.50. The number of terminal acetylenes is 1. The smallest absolute Gasteiger partial charge is 0.0736 e. The Morgan fingerprint density at radius 2 is 2.10 bits per heavy atom. The third kappa shape index (κ3) is 2.04. The highest BCUT2D eigenvalue weighted by Crippen LogP contribution is 2.23. The molecule has 0 amide bonds. The van der Waals surface area contributed by atoms with Gasteiger partial charge in [-0.2, -0.15) is 0 Å². The summed E-state index contributed by atoms with van der Waals surface area (Å²) in [6.07, 6.45) is 6.43. The zero-order chi connectivity index (χ0) is 8.20. The van der Waals surface area contributed by atoms with Crippen LogP contribution in [0.25, 0.3) is 0 Å². The molecule has 0 radical (unpaired) electrons. The number of hydrogen-bond acceptors (Lipinski definition) is 1. The molecule has 58 valence electrons. The molecular formula is C9H17N. The van der Waals surface area contributed by atoms with Gasteiger partial charge in [-0.25, -0.2) is 0 Å². The Labute approximate surface area is 64.2 Å². The van der Waals surface area contributed by atoms with Crippen LogP contribution in [0, 0.1) is 17.8 Å². The molecule has 10 heavy (non-hydrogen) atoms. The van der Waals surface area contributed by atoms with Gasteiger partial charge >= 0.3 is 0 Å². The highest BCUT2D eigenvalue weighted by atomic mass is 14.9. The zero-order valence-electron chi connectivity index (χ0n) is 7.36. The quantitative estimate of drug-likeness (QED) is 0.586. The lowest BCUT2D eigenvalue weighted by atomic mass is 9.82. The van der Waals surface area contributed by atoms with E-state index in [1.165, 1.54) is 0 Å². The van der Waals surface area contributed by atoms with Gasteiger partial charge in [0.2, 0.25) is 0 Å². The summed E-state index contributed by atoms with van der Waals surface area (Å²) in [6, 6.07) is 0.192. The average Bonchev–Trinajstić information content (AvgIpc) is 1.90. The maximum Gasteiger partial charge on any atom is 0.0736 e. The van der Waals surface area contributed by atoms with Crippen LogP contribution in [0.2, 0.25) is 0 Å². The van der Waals surface area contributed by atoms with E-state index in [4.69, 9.17) is 6.42 Å². The van der Waals surface area contributed by atoms with Crippen molar-refractivity contribution in [2.45, 2.75) is 33.2 Å². The molecule has 0 aliphatic rings. The van der Waals surface area contributed by atoms with Crippen LogP contribution in [-0.2, 0) is 0 Å². The van der Waals surface area contributed by atoms with Crippen LogP contribution >= 0.6 is 0 Å². The predicted molar refractivity (Wildman–Crippen MR) is 45.8 cm³/mol. The Morgan fingerprint density at radius 3 is 2.20 bits per heavy atom. The Kier molecular flexibility index (Phi) is 3.46. The van der Waals surface area contributed by atoms with E-state index < -0.39 is 0 Å². The van der Waals surface area contributed by atoms with E-state index in [2.05, 4.69) is 32.0 Å². The molecule has 0 heterocycles. The summed E-state index contributed by atoms with van der Waals surface area (Å²) in [5.41, 5.74) is 0.212. The third-order valence-corrected chi connectivity index (χ3v) is 2.15. The van der Waals surface area contributed by atoms with Gasteiger partial charge in [-0.1, -0.05) is 26.7 Å². The molecule has 0 aromatic carbocycles. The second-order valence-electron chi connectivity index (χ2n) is 3.23. The number of nitrogens with one attached hydrogen (secondary N) is 1. The molecule has 0 spiro atoms. The van der Waals surface area contributed by atoms with Crippen molar-refractivity contribution < 1.29 is 0 Å². The van der Waals surface area contributed by atoms with E-state index in [0.717, 1.165) is 6.42 Å². The summed E-state index contributed by atoms with van der Waals surface area (Å²) < 4.78 is 0. The Morgan fingerprint density at radius 1 is 1.60 bits per heavy atom. The molecule has 0 aromatic rings. The van der Waals surface area contributed by atoms with Crippen molar-refractivity contribution in [1.82, 2.24) is 5.32 Å². The van der Waals surface area contributed by atoms with Crippen molar-refractivity contribution >= 4 is 0 Å². The minimum atomic E-state index is 0.192. The standard InChI is InChI=1S/C9H17N/c1-6-8(10-5)9(3,4)7-2/h1,8,10H,7H2,2-5H3. The Bertz CT molecular complexity index is 130. The van der Waals surface area contributed by atoms with Crippen LogP contribution in [0.1, 0.15) is 27.2 Å². The van der Waals surface area contributed by atoms with Crippen molar-refractivity contribution in [2.75, 3.05) is 7.05 Å². The fourth-order valence-electron chi connectivity index (χ4n) is 0.904. The number of rotatable bonds is 3. The fraction of sp³-hybridized carbons (Fsp3) is 0.778. The summed E-state index contributed by atoms with van der Waals surface area (Å²) >= 11 is 0. The molecule has 0 saturated carbocycles. The summed E-state index contributed by atoms with van der Waals surface area (Å²) in [7, 11) is 1.90. The molecule has 1 heteroatoms. The molecule has 0 aliphatic heterocycles. The van der Waals surface area contributed by atoms with Crippen LogP contribution < -0.4 is 5.32 Å². The van der Waals surface area contributed by atoms with Gasteiger partial charge in [0, 0.05) is 0 Å². The second-order valence-corrected chi connectivity index (χ2v) is 3.23. The first kappa shape index (κ1) is 9.52. The SMILES string of the molecule is C#CC(NC)C(C)(C)CC. The molecule has 1 N–H and O–H groups in total.